The number of hydrogen-bond acceptors (Lipinski definition) is 4. The fraction of sp³-hybridized carbons (Fsp3) is 0.391. The predicted molar refractivity (Wildman–Crippen MR) is 123 cm³/mol. The topological polar surface area (TPSA) is 18.5 Å². The standard InChI is InChI=1S/C23H30O2S2/c1-15-13-17(24-22(2,3)4)19(18(14-15)25-23(5,6)7)21(27)20(26)16-11-9-8-10-12-16/h8-14,26-27H,1-7H3. The van der Waals surface area contributed by atoms with Gasteiger partial charge < -0.3 is 9.47 Å². The summed E-state index contributed by atoms with van der Waals surface area (Å²) in [7, 11) is 0. The summed E-state index contributed by atoms with van der Waals surface area (Å²) in [6.07, 6.45) is 0. The van der Waals surface area contributed by atoms with Gasteiger partial charge in [0.1, 0.15) is 22.7 Å². The van der Waals surface area contributed by atoms with Crippen LogP contribution in [0.25, 0.3) is 9.81 Å². The van der Waals surface area contributed by atoms with Gasteiger partial charge in [0.2, 0.25) is 0 Å². The molecule has 2 aromatic rings. The Balaban J connectivity index is 2.73. The molecule has 0 bridgehead atoms. The second-order valence-corrected chi connectivity index (χ2v) is 9.52. The van der Waals surface area contributed by atoms with Crippen LogP contribution < -0.4 is 9.47 Å². The van der Waals surface area contributed by atoms with E-state index in [-0.39, 0.29) is 11.2 Å². The lowest BCUT2D eigenvalue weighted by atomic mass is 10.0. The average Bonchev–Trinajstić information content (AvgIpc) is 2.51. The van der Waals surface area contributed by atoms with Crippen LogP contribution in [0.2, 0.25) is 0 Å². The molecule has 0 fully saturated rings. The Labute approximate surface area is 174 Å². The van der Waals surface area contributed by atoms with Gasteiger partial charge in [0.25, 0.3) is 0 Å². The molecule has 2 aromatic carbocycles. The van der Waals surface area contributed by atoms with Gasteiger partial charge in [0, 0.05) is 9.81 Å². The highest BCUT2D eigenvalue weighted by atomic mass is 32.1. The summed E-state index contributed by atoms with van der Waals surface area (Å²) < 4.78 is 12.6. The smallest absolute Gasteiger partial charge is 0.132 e. The van der Waals surface area contributed by atoms with E-state index in [1.165, 1.54) is 0 Å². The van der Waals surface area contributed by atoms with Gasteiger partial charge in [-0.3, -0.25) is 0 Å². The number of aryl methyl sites for hydroxylation is 1. The highest BCUT2D eigenvalue weighted by Gasteiger charge is 2.24. The van der Waals surface area contributed by atoms with E-state index in [0.717, 1.165) is 38.0 Å². The highest BCUT2D eigenvalue weighted by Crippen LogP contribution is 2.44. The van der Waals surface area contributed by atoms with Crippen molar-refractivity contribution in [2.45, 2.75) is 59.7 Å². The van der Waals surface area contributed by atoms with Crippen molar-refractivity contribution >= 4 is 35.1 Å². The largest absolute Gasteiger partial charge is 0.487 e. The third kappa shape index (κ3) is 6.25. The Kier molecular flexibility index (Phi) is 6.64. The van der Waals surface area contributed by atoms with E-state index in [1.807, 2.05) is 90.9 Å². The van der Waals surface area contributed by atoms with Gasteiger partial charge >= 0.3 is 0 Å². The molecule has 0 heterocycles. The van der Waals surface area contributed by atoms with Crippen LogP contribution in [-0.2, 0) is 0 Å². The van der Waals surface area contributed by atoms with E-state index in [4.69, 9.17) is 34.7 Å². The zero-order chi connectivity index (χ0) is 20.4. The molecule has 27 heavy (non-hydrogen) atoms. The molecule has 0 aromatic heterocycles. The molecule has 0 aliphatic carbocycles. The van der Waals surface area contributed by atoms with Crippen LogP contribution in [0.1, 0.15) is 58.2 Å². The van der Waals surface area contributed by atoms with Crippen LogP contribution in [0, 0.1) is 6.92 Å². The highest BCUT2D eigenvalue weighted by molar-refractivity contribution is 7.96. The molecule has 0 unspecified atom stereocenters. The Morgan fingerprint density at radius 3 is 1.59 bits per heavy atom. The minimum Gasteiger partial charge on any atom is -0.487 e. The zero-order valence-corrected chi connectivity index (χ0v) is 19.0. The third-order valence-electron chi connectivity index (χ3n) is 3.55. The number of thiol groups is 2. The van der Waals surface area contributed by atoms with Crippen molar-refractivity contribution in [2.75, 3.05) is 0 Å². The van der Waals surface area contributed by atoms with Crippen molar-refractivity contribution < 1.29 is 9.47 Å². The Morgan fingerprint density at radius 1 is 0.741 bits per heavy atom. The first-order valence-corrected chi connectivity index (χ1v) is 9.97. The lowest BCUT2D eigenvalue weighted by Crippen LogP contribution is -2.25. The molecular weight excluding hydrogens is 372 g/mol. The first kappa shape index (κ1) is 21.8. The molecule has 4 heteroatoms. The summed E-state index contributed by atoms with van der Waals surface area (Å²) in [4.78, 5) is 1.50. The van der Waals surface area contributed by atoms with Crippen LogP contribution in [0.3, 0.4) is 0 Å². The first-order chi connectivity index (χ1) is 12.4. The van der Waals surface area contributed by atoms with Gasteiger partial charge in [-0.15, -0.1) is 25.3 Å². The van der Waals surface area contributed by atoms with E-state index in [0.29, 0.717) is 0 Å². The molecule has 0 aliphatic heterocycles. The normalized spacial score (nSPS) is 13.2. The Morgan fingerprint density at radius 2 is 1.19 bits per heavy atom. The van der Waals surface area contributed by atoms with Gasteiger partial charge in [0.15, 0.2) is 0 Å². The summed E-state index contributed by atoms with van der Waals surface area (Å²) in [5.41, 5.74) is 2.19. The van der Waals surface area contributed by atoms with E-state index < -0.39 is 0 Å². The molecule has 0 radical (unpaired) electrons. The SMILES string of the molecule is Cc1cc(OC(C)(C)C)c(C(S)=C(S)c2ccccc2)c(OC(C)(C)C)c1. The van der Waals surface area contributed by atoms with Gasteiger partial charge in [-0.05, 0) is 71.7 Å². The molecule has 2 nitrogen and oxygen atoms in total. The number of rotatable bonds is 4. The van der Waals surface area contributed by atoms with Crippen molar-refractivity contribution in [3.05, 3.63) is 59.2 Å². The second kappa shape index (κ2) is 8.24. The summed E-state index contributed by atoms with van der Waals surface area (Å²) in [6, 6.07) is 14.0. The monoisotopic (exact) mass is 402 g/mol. The molecule has 0 amide bonds. The van der Waals surface area contributed by atoms with E-state index in [9.17, 15) is 0 Å². The average molecular weight is 403 g/mol. The van der Waals surface area contributed by atoms with Crippen molar-refractivity contribution in [2.24, 2.45) is 0 Å². The van der Waals surface area contributed by atoms with Gasteiger partial charge in [-0.1, -0.05) is 30.3 Å². The fourth-order valence-electron chi connectivity index (χ4n) is 2.63. The van der Waals surface area contributed by atoms with Gasteiger partial charge in [-0.25, -0.2) is 0 Å². The van der Waals surface area contributed by atoms with E-state index in [1.54, 1.807) is 0 Å². The van der Waals surface area contributed by atoms with Crippen molar-refractivity contribution in [1.82, 2.24) is 0 Å². The maximum Gasteiger partial charge on any atom is 0.132 e. The van der Waals surface area contributed by atoms with Crippen LogP contribution in [0.4, 0.5) is 0 Å². The molecule has 146 valence electrons. The molecule has 0 saturated carbocycles. The van der Waals surface area contributed by atoms with Gasteiger partial charge in [0.05, 0.1) is 5.56 Å². The molecular formula is C23H30O2S2. The summed E-state index contributed by atoms with van der Waals surface area (Å²) in [6.45, 7) is 14.2. The summed E-state index contributed by atoms with van der Waals surface area (Å²) in [5, 5.41) is 0. The first-order valence-electron chi connectivity index (χ1n) is 9.08. The summed E-state index contributed by atoms with van der Waals surface area (Å²) >= 11 is 9.60. The lowest BCUT2D eigenvalue weighted by Gasteiger charge is -2.28. The van der Waals surface area contributed by atoms with Crippen LogP contribution in [-0.4, -0.2) is 11.2 Å². The molecule has 2 rings (SSSR count). The van der Waals surface area contributed by atoms with Crippen molar-refractivity contribution in [3.8, 4) is 11.5 Å². The summed E-state index contributed by atoms with van der Waals surface area (Å²) in [5.74, 6) is 1.49. The molecule has 0 spiro atoms. The number of ether oxygens (including phenoxy) is 2. The number of benzene rings is 2. The third-order valence-corrected chi connectivity index (χ3v) is 4.66. The minimum atomic E-state index is -0.348. The Bertz CT molecular complexity index is 789. The molecule has 0 N–H and O–H groups in total. The van der Waals surface area contributed by atoms with Crippen molar-refractivity contribution in [1.29, 1.82) is 0 Å². The Hall–Kier alpha value is -1.52. The maximum absolute atomic E-state index is 6.28. The predicted octanol–water partition coefficient (Wildman–Crippen LogP) is 7.04. The van der Waals surface area contributed by atoms with Gasteiger partial charge in [-0.2, -0.15) is 0 Å². The number of hydrogen-bond donors (Lipinski definition) is 2. The van der Waals surface area contributed by atoms with Crippen LogP contribution >= 0.6 is 25.3 Å². The van der Waals surface area contributed by atoms with Crippen LogP contribution in [0.5, 0.6) is 11.5 Å². The van der Waals surface area contributed by atoms with E-state index in [2.05, 4.69) is 0 Å². The van der Waals surface area contributed by atoms with Crippen molar-refractivity contribution in [3.63, 3.8) is 0 Å². The maximum atomic E-state index is 6.28. The molecule has 0 saturated heterocycles. The second-order valence-electron chi connectivity index (χ2n) is 8.63. The molecule has 0 aliphatic rings. The quantitative estimate of drug-likeness (QED) is 0.422. The lowest BCUT2D eigenvalue weighted by molar-refractivity contribution is 0.120. The zero-order valence-electron chi connectivity index (χ0n) is 17.3. The fourth-order valence-corrected chi connectivity index (χ4v) is 3.24. The van der Waals surface area contributed by atoms with E-state index >= 15 is 0 Å². The van der Waals surface area contributed by atoms with Crippen LogP contribution in [0.15, 0.2) is 42.5 Å². The minimum absolute atomic E-state index is 0.348. The molecule has 0 atom stereocenters.